The van der Waals surface area contributed by atoms with Gasteiger partial charge in [0.15, 0.2) is 0 Å². The highest BCUT2D eigenvalue weighted by Crippen LogP contribution is 2.09. The fourth-order valence-electron chi connectivity index (χ4n) is 2.20. The van der Waals surface area contributed by atoms with Gasteiger partial charge in [0.2, 0.25) is 0 Å². The van der Waals surface area contributed by atoms with Gasteiger partial charge in [-0.3, -0.25) is 4.79 Å². The van der Waals surface area contributed by atoms with Crippen molar-refractivity contribution in [3.05, 3.63) is 48.0 Å². The first-order chi connectivity index (χ1) is 9.79. The molecule has 110 valence electrons. The zero-order valence-electron chi connectivity index (χ0n) is 12.3. The molecular formula is C18H26O2. The summed E-state index contributed by atoms with van der Waals surface area (Å²) in [5.74, 6) is -0.673. The number of benzene rings is 1. The van der Waals surface area contributed by atoms with Gasteiger partial charge in [0.1, 0.15) is 0 Å². The molecule has 20 heavy (non-hydrogen) atoms. The fourth-order valence-corrected chi connectivity index (χ4v) is 2.20. The van der Waals surface area contributed by atoms with Crippen molar-refractivity contribution in [2.24, 2.45) is 0 Å². The van der Waals surface area contributed by atoms with E-state index in [-0.39, 0.29) is 0 Å². The van der Waals surface area contributed by atoms with Crippen molar-refractivity contribution in [2.75, 3.05) is 0 Å². The summed E-state index contributed by atoms with van der Waals surface area (Å²) in [7, 11) is 0. The van der Waals surface area contributed by atoms with E-state index in [0.717, 1.165) is 25.7 Å². The SMILES string of the molecule is O=C(O)CCCCCCCC/C=C/Cc1ccccc1. The summed E-state index contributed by atoms with van der Waals surface area (Å²) in [6.45, 7) is 0. The molecule has 0 amide bonds. The minimum Gasteiger partial charge on any atom is -0.481 e. The molecule has 1 aromatic carbocycles. The molecule has 0 aliphatic heterocycles. The predicted molar refractivity (Wildman–Crippen MR) is 83.9 cm³/mol. The van der Waals surface area contributed by atoms with Crippen molar-refractivity contribution >= 4 is 5.97 Å². The van der Waals surface area contributed by atoms with Crippen molar-refractivity contribution in [1.82, 2.24) is 0 Å². The molecule has 0 spiro atoms. The number of carbonyl (C=O) groups is 1. The summed E-state index contributed by atoms with van der Waals surface area (Å²) in [5, 5.41) is 8.51. The Bertz CT molecular complexity index is 382. The van der Waals surface area contributed by atoms with E-state index in [0.29, 0.717) is 6.42 Å². The number of aliphatic carboxylic acids is 1. The lowest BCUT2D eigenvalue weighted by Gasteiger charge is -1.99. The number of hydrogen-bond donors (Lipinski definition) is 1. The molecule has 0 saturated carbocycles. The van der Waals surface area contributed by atoms with Crippen LogP contribution in [0.4, 0.5) is 0 Å². The monoisotopic (exact) mass is 274 g/mol. The molecule has 0 fully saturated rings. The summed E-state index contributed by atoms with van der Waals surface area (Å²) in [6.07, 6.45) is 13.8. The minimum absolute atomic E-state index is 0.322. The topological polar surface area (TPSA) is 37.3 Å². The highest BCUT2D eigenvalue weighted by atomic mass is 16.4. The summed E-state index contributed by atoms with van der Waals surface area (Å²) < 4.78 is 0. The smallest absolute Gasteiger partial charge is 0.303 e. The van der Waals surface area contributed by atoms with Crippen molar-refractivity contribution in [1.29, 1.82) is 0 Å². The maximum Gasteiger partial charge on any atom is 0.303 e. The van der Waals surface area contributed by atoms with Gasteiger partial charge in [-0.1, -0.05) is 68.2 Å². The van der Waals surface area contributed by atoms with E-state index >= 15 is 0 Å². The van der Waals surface area contributed by atoms with Crippen LogP contribution >= 0.6 is 0 Å². The number of allylic oxidation sites excluding steroid dienone is 2. The highest BCUT2D eigenvalue weighted by molar-refractivity contribution is 5.66. The number of rotatable bonds is 11. The third kappa shape index (κ3) is 9.37. The number of unbranched alkanes of at least 4 members (excludes halogenated alkanes) is 6. The molecule has 2 heteroatoms. The Balaban J connectivity index is 1.88. The zero-order valence-corrected chi connectivity index (χ0v) is 12.3. The van der Waals surface area contributed by atoms with Crippen LogP contribution in [0.3, 0.4) is 0 Å². The Kier molecular flexibility index (Phi) is 9.29. The Labute approximate surface area is 122 Å². The van der Waals surface area contributed by atoms with E-state index in [9.17, 15) is 4.79 Å². The third-order valence-corrected chi connectivity index (χ3v) is 3.37. The number of carboxylic acids is 1. The highest BCUT2D eigenvalue weighted by Gasteiger charge is 1.96. The average molecular weight is 274 g/mol. The van der Waals surface area contributed by atoms with Crippen LogP contribution in [0.25, 0.3) is 0 Å². The molecular weight excluding hydrogens is 248 g/mol. The van der Waals surface area contributed by atoms with Crippen LogP contribution in [0.2, 0.25) is 0 Å². The normalized spacial score (nSPS) is 11.0. The lowest BCUT2D eigenvalue weighted by Crippen LogP contribution is -1.93. The van der Waals surface area contributed by atoms with Gasteiger partial charge in [0.25, 0.3) is 0 Å². The second-order valence-electron chi connectivity index (χ2n) is 5.21. The maximum atomic E-state index is 10.3. The van der Waals surface area contributed by atoms with Crippen LogP contribution in [-0.2, 0) is 11.2 Å². The number of hydrogen-bond acceptors (Lipinski definition) is 1. The van der Waals surface area contributed by atoms with E-state index in [1.54, 1.807) is 0 Å². The Morgan fingerprint density at radius 3 is 2.25 bits per heavy atom. The van der Waals surface area contributed by atoms with Gasteiger partial charge in [0.05, 0.1) is 0 Å². The van der Waals surface area contributed by atoms with Crippen molar-refractivity contribution in [3.63, 3.8) is 0 Å². The van der Waals surface area contributed by atoms with Gasteiger partial charge in [-0.05, 0) is 31.2 Å². The van der Waals surface area contributed by atoms with E-state index < -0.39 is 5.97 Å². The summed E-state index contributed by atoms with van der Waals surface area (Å²) in [5.41, 5.74) is 1.36. The maximum absolute atomic E-state index is 10.3. The molecule has 0 aromatic heterocycles. The molecule has 0 unspecified atom stereocenters. The van der Waals surface area contributed by atoms with Crippen LogP contribution in [0.5, 0.6) is 0 Å². The quantitative estimate of drug-likeness (QED) is 0.456. The molecule has 2 nitrogen and oxygen atoms in total. The van der Waals surface area contributed by atoms with Crippen LogP contribution in [-0.4, -0.2) is 11.1 Å². The summed E-state index contributed by atoms with van der Waals surface area (Å²) in [4.78, 5) is 10.3. The standard InChI is InChI=1S/C18H26O2/c19-18(20)16-12-7-5-3-1-2-4-6-9-13-17-14-10-8-11-15-17/h6,8-11,14-15H,1-5,7,12-13,16H2,(H,19,20)/b9-6+. The molecule has 1 rings (SSSR count). The molecule has 0 aliphatic rings. The van der Waals surface area contributed by atoms with Crippen molar-refractivity contribution in [2.45, 2.75) is 57.8 Å². The average Bonchev–Trinajstić information content (AvgIpc) is 2.45. The zero-order chi connectivity index (χ0) is 14.5. The summed E-state index contributed by atoms with van der Waals surface area (Å²) in [6, 6.07) is 10.5. The van der Waals surface area contributed by atoms with Crippen molar-refractivity contribution in [3.8, 4) is 0 Å². The molecule has 0 bridgehead atoms. The lowest BCUT2D eigenvalue weighted by atomic mass is 10.1. The number of carboxylic acid groups (broad SMARTS) is 1. The second-order valence-corrected chi connectivity index (χ2v) is 5.21. The largest absolute Gasteiger partial charge is 0.481 e. The second kappa shape index (κ2) is 11.3. The van der Waals surface area contributed by atoms with Crippen LogP contribution < -0.4 is 0 Å². The van der Waals surface area contributed by atoms with Crippen molar-refractivity contribution < 1.29 is 9.90 Å². The van der Waals surface area contributed by atoms with Crippen LogP contribution in [0.15, 0.2) is 42.5 Å². The van der Waals surface area contributed by atoms with Crippen LogP contribution in [0, 0.1) is 0 Å². The Hall–Kier alpha value is -1.57. The summed E-state index contributed by atoms with van der Waals surface area (Å²) >= 11 is 0. The molecule has 0 atom stereocenters. The molecule has 0 radical (unpaired) electrons. The van der Waals surface area contributed by atoms with Gasteiger partial charge in [-0.2, -0.15) is 0 Å². The molecule has 1 N–H and O–H groups in total. The van der Waals surface area contributed by atoms with Gasteiger partial charge in [0, 0.05) is 6.42 Å². The van der Waals surface area contributed by atoms with Gasteiger partial charge in [-0.25, -0.2) is 0 Å². The fraction of sp³-hybridized carbons (Fsp3) is 0.500. The predicted octanol–water partition coefficient (Wildman–Crippen LogP) is 4.99. The van der Waals surface area contributed by atoms with E-state index in [2.05, 4.69) is 36.4 Å². The van der Waals surface area contributed by atoms with Gasteiger partial charge < -0.3 is 5.11 Å². The molecule has 0 heterocycles. The minimum atomic E-state index is -0.673. The van der Waals surface area contributed by atoms with E-state index in [4.69, 9.17) is 5.11 Å². The first-order valence-corrected chi connectivity index (χ1v) is 7.70. The molecule has 0 aliphatic carbocycles. The molecule has 0 saturated heterocycles. The lowest BCUT2D eigenvalue weighted by molar-refractivity contribution is -0.137. The van der Waals surface area contributed by atoms with Crippen LogP contribution in [0.1, 0.15) is 56.9 Å². The van der Waals surface area contributed by atoms with Gasteiger partial charge in [-0.15, -0.1) is 0 Å². The van der Waals surface area contributed by atoms with E-state index in [1.807, 2.05) is 6.07 Å². The first-order valence-electron chi connectivity index (χ1n) is 7.70. The first kappa shape index (κ1) is 16.5. The van der Waals surface area contributed by atoms with E-state index in [1.165, 1.54) is 31.2 Å². The third-order valence-electron chi connectivity index (χ3n) is 3.37. The molecule has 1 aromatic rings. The van der Waals surface area contributed by atoms with Gasteiger partial charge >= 0.3 is 5.97 Å². The Morgan fingerprint density at radius 2 is 1.55 bits per heavy atom. The Morgan fingerprint density at radius 1 is 0.900 bits per heavy atom.